The number of aryl methyl sites for hydroxylation is 3. The van der Waals surface area contributed by atoms with Crippen molar-refractivity contribution in [3.8, 4) is 22.0 Å². The summed E-state index contributed by atoms with van der Waals surface area (Å²) in [5.74, 6) is -0.0192. The molecule has 1 aromatic carbocycles. The van der Waals surface area contributed by atoms with E-state index in [1.807, 2.05) is 0 Å². The lowest BCUT2D eigenvalue weighted by Crippen LogP contribution is -2.30. The standard InChI is InChI=1S/C23H21FN6OS2/c1-2-14-12-32-18(27-14)9-10-25-22(31)30-23-28-17-8-7-13-11-26-21(29-19(13)20(17)33-23)15-5-3-4-6-16(15)24/h3-6,11-12H,2,7-10H2,1H3,(H2,25,28,30,31). The normalized spacial score (nSPS) is 12.2. The van der Waals surface area contributed by atoms with Crippen molar-refractivity contribution in [2.45, 2.75) is 32.6 Å². The fourth-order valence-corrected chi connectivity index (χ4v) is 5.53. The summed E-state index contributed by atoms with van der Waals surface area (Å²) in [6, 6.07) is 6.16. The van der Waals surface area contributed by atoms with E-state index in [2.05, 4.69) is 42.9 Å². The highest BCUT2D eigenvalue weighted by Gasteiger charge is 2.24. The van der Waals surface area contributed by atoms with Crippen LogP contribution in [-0.2, 0) is 25.7 Å². The number of benzene rings is 1. The first-order valence-electron chi connectivity index (χ1n) is 10.7. The second-order valence-electron chi connectivity index (χ2n) is 7.56. The molecule has 0 saturated carbocycles. The molecule has 0 spiro atoms. The third-order valence-corrected chi connectivity index (χ3v) is 7.31. The molecule has 0 aliphatic heterocycles. The zero-order valence-corrected chi connectivity index (χ0v) is 19.5. The minimum absolute atomic E-state index is 0.302. The molecule has 7 nitrogen and oxygen atoms in total. The van der Waals surface area contributed by atoms with Gasteiger partial charge in [-0.05, 0) is 37.0 Å². The van der Waals surface area contributed by atoms with Crippen molar-refractivity contribution >= 4 is 33.8 Å². The van der Waals surface area contributed by atoms with Crippen LogP contribution in [0.5, 0.6) is 0 Å². The maximum Gasteiger partial charge on any atom is 0.321 e. The summed E-state index contributed by atoms with van der Waals surface area (Å²) in [7, 11) is 0. The maximum atomic E-state index is 14.2. The lowest BCUT2D eigenvalue weighted by Gasteiger charge is -2.14. The van der Waals surface area contributed by atoms with Crippen molar-refractivity contribution in [2.24, 2.45) is 0 Å². The molecule has 1 aliphatic rings. The molecule has 33 heavy (non-hydrogen) atoms. The van der Waals surface area contributed by atoms with E-state index < -0.39 is 0 Å². The van der Waals surface area contributed by atoms with E-state index >= 15 is 0 Å². The Morgan fingerprint density at radius 1 is 1.18 bits per heavy atom. The zero-order chi connectivity index (χ0) is 22.8. The zero-order valence-electron chi connectivity index (χ0n) is 17.9. The third-order valence-electron chi connectivity index (χ3n) is 5.33. The number of carbonyl (C=O) groups excluding carboxylic acids is 1. The number of rotatable bonds is 6. The van der Waals surface area contributed by atoms with E-state index in [0.717, 1.165) is 51.8 Å². The second-order valence-corrected chi connectivity index (χ2v) is 9.50. The molecule has 5 rings (SSSR count). The molecule has 0 bridgehead atoms. The number of nitrogens with zero attached hydrogens (tertiary/aromatic N) is 4. The van der Waals surface area contributed by atoms with Gasteiger partial charge in [-0.15, -0.1) is 11.3 Å². The summed E-state index contributed by atoms with van der Waals surface area (Å²) in [4.78, 5) is 31.4. The van der Waals surface area contributed by atoms with Gasteiger partial charge in [-0.3, -0.25) is 5.32 Å². The van der Waals surface area contributed by atoms with E-state index in [1.54, 1.807) is 35.7 Å². The number of carbonyl (C=O) groups is 1. The van der Waals surface area contributed by atoms with Gasteiger partial charge in [0.2, 0.25) is 0 Å². The predicted molar refractivity (Wildman–Crippen MR) is 128 cm³/mol. The Kier molecular flexibility index (Phi) is 6.10. The summed E-state index contributed by atoms with van der Waals surface area (Å²) in [6.07, 6.45) is 4.86. The van der Waals surface area contributed by atoms with Gasteiger partial charge < -0.3 is 5.32 Å². The van der Waals surface area contributed by atoms with Gasteiger partial charge in [-0.2, -0.15) is 0 Å². The topological polar surface area (TPSA) is 92.7 Å². The molecule has 10 heteroatoms. The molecule has 4 aromatic rings. The number of amides is 2. The highest BCUT2D eigenvalue weighted by atomic mass is 32.1. The van der Waals surface area contributed by atoms with Crippen molar-refractivity contribution in [3.05, 3.63) is 63.6 Å². The Hall–Kier alpha value is -3.24. The van der Waals surface area contributed by atoms with Crippen molar-refractivity contribution < 1.29 is 9.18 Å². The molecule has 0 saturated heterocycles. The molecule has 0 unspecified atom stereocenters. The van der Waals surface area contributed by atoms with Crippen LogP contribution in [0.2, 0.25) is 0 Å². The molecular weight excluding hydrogens is 459 g/mol. The fraction of sp³-hybridized carbons (Fsp3) is 0.261. The Labute approximate surface area is 198 Å². The van der Waals surface area contributed by atoms with Crippen LogP contribution in [0.25, 0.3) is 22.0 Å². The van der Waals surface area contributed by atoms with Crippen molar-refractivity contribution in [1.29, 1.82) is 0 Å². The van der Waals surface area contributed by atoms with Crippen LogP contribution in [-0.4, -0.2) is 32.5 Å². The average Bonchev–Trinajstić information content (AvgIpc) is 3.45. The average molecular weight is 481 g/mol. The highest BCUT2D eigenvalue weighted by molar-refractivity contribution is 7.19. The van der Waals surface area contributed by atoms with Gasteiger partial charge in [0.15, 0.2) is 11.0 Å². The molecular formula is C23H21FN6OS2. The van der Waals surface area contributed by atoms with E-state index in [4.69, 9.17) is 0 Å². The Morgan fingerprint density at radius 3 is 2.88 bits per heavy atom. The molecule has 0 radical (unpaired) electrons. The van der Waals surface area contributed by atoms with Gasteiger partial charge in [-0.1, -0.05) is 30.4 Å². The summed E-state index contributed by atoms with van der Waals surface area (Å²) in [6.45, 7) is 2.57. The first-order valence-corrected chi connectivity index (χ1v) is 12.4. The molecule has 1 aliphatic carbocycles. The number of nitrogens with one attached hydrogen (secondary N) is 2. The lowest BCUT2D eigenvalue weighted by atomic mass is 9.99. The van der Waals surface area contributed by atoms with Gasteiger partial charge in [0.25, 0.3) is 0 Å². The smallest absolute Gasteiger partial charge is 0.321 e. The van der Waals surface area contributed by atoms with Crippen LogP contribution in [0, 0.1) is 5.82 Å². The Balaban J connectivity index is 1.28. The minimum atomic E-state index is -0.361. The van der Waals surface area contributed by atoms with Crippen LogP contribution < -0.4 is 10.6 Å². The number of urea groups is 1. The second kappa shape index (κ2) is 9.32. The van der Waals surface area contributed by atoms with E-state index in [1.165, 1.54) is 17.4 Å². The maximum absolute atomic E-state index is 14.2. The number of halogens is 1. The number of fused-ring (bicyclic) bond motifs is 3. The van der Waals surface area contributed by atoms with Gasteiger partial charge in [-0.25, -0.2) is 29.1 Å². The minimum Gasteiger partial charge on any atom is -0.337 e. The van der Waals surface area contributed by atoms with Crippen molar-refractivity contribution in [3.63, 3.8) is 0 Å². The number of anilines is 1. The van der Waals surface area contributed by atoms with E-state index in [9.17, 15) is 9.18 Å². The fourth-order valence-electron chi connectivity index (χ4n) is 3.62. The Morgan fingerprint density at radius 2 is 2.06 bits per heavy atom. The van der Waals surface area contributed by atoms with Crippen LogP contribution >= 0.6 is 22.7 Å². The molecule has 0 fully saturated rings. The molecule has 3 heterocycles. The van der Waals surface area contributed by atoms with Crippen LogP contribution in [0.15, 0.2) is 35.8 Å². The number of hydrogen-bond donors (Lipinski definition) is 2. The monoisotopic (exact) mass is 480 g/mol. The number of aromatic nitrogens is 4. The number of thiazole rings is 2. The first-order chi connectivity index (χ1) is 16.1. The third kappa shape index (κ3) is 4.62. The van der Waals surface area contributed by atoms with Crippen LogP contribution in [0.3, 0.4) is 0 Å². The molecule has 2 N–H and O–H groups in total. The largest absolute Gasteiger partial charge is 0.337 e. The quantitative estimate of drug-likeness (QED) is 0.410. The SMILES string of the molecule is CCc1csc(CCNC(=O)Nc2nc3c(s2)-c2nc(-c4ccccc4F)ncc2CC3)n1. The molecule has 0 atom stereocenters. The van der Waals surface area contributed by atoms with Crippen LogP contribution in [0.4, 0.5) is 14.3 Å². The Bertz CT molecular complexity index is 1320. The first kappa shape index (κ1) is 21.6. The van der Waals surface area contributed by atoms with E-state index in [-0.39, 0.29) is 11.8 Å². The van der Waals surface area contributed by atoms with Crippen molar-refractivity contribution in [2.75, 3.05) is 11.9 Å². The summed E-state index contributed by atoms with van der Waals surface area (Å²) in [5, 5.41) is 9.26. The van der Waals surface area contributed by atoms with Gasteiger partial charge in [0.05, 0.1) is 32.5 Å². The van der Waals surface area contributed by atoms with Gasteiger partial charge in [0, 0.05) is 24.5 Å². The summed E-state index contributed by atoms with van der Waals surface area (Å²) >= 11 is 2.99. The molecule has 2 amide bonds. The van der Waals surface area contributed by atoms with Crippen LogP contribution in [0.1, 0.15) is 28.9 Å². The highest BCUT2D eigenvalue weighted by Crippen LogP contribution is 2.39. The lowest BCUT2D eigenvalue weighted by molar-refractivity contribution is 0.252. The van der Waals surface area contributed by atoms with E-state index in [0.29, 0.717) is 29.5 Å². The predicted octanol–water partition coefficient (Wildman–Crippen LogP) is 4.89. The van der Waals surface area contributed by atoms with Gasteiger partial charge >= 0.3 is 6.03 Å². The molecule has 3 aromatic heterocycles. The summed E-state index contributed by atoms with van der Waals surface area (Å²) in [5.41, 5.74) is 4.08. The molecule has 168 valence electrons. The van der Waals surface area contributed by atoms with Crippen molar-refractivity contribution in [1.82, 2.24) is 25.3 Å². The summed E-state index contributed by atoms with van der Waals surface area (Å²) < 4.78 is 14.2. The van der Waals surface area contributed by atoms with Gasteiger partial charge in [0.1, 0.15) is 5.82 Å². The number of hydrogen-bond acceptors (Lipinski definition) is 7.